The molecule has 0 spiro atoms. The van der Waals surface area contributed by atoms with E-state index in [2.05, 4.69) is 10.1 Å². The maximum Gasteiger partial charge on any atom is 0.343 e. The lowest BCUT2D eigenvalue weighted by Gasteiger charge is -2.23. The molecule has 146 valence electrons. The second kappa shape index (κ2) is 7.88. The van der Waals surface area contributed by atoms with E-state index >= 15 is 0 Å². The molecule has 0 unspecified atom stereocenters. The van der Waals surface area contributed by atoms with E-state index in [-0.39, 0.29) is 23.8 Å². The van der Waals surface area contributed by atoms with Crippen molar-refractivity contribution in [1.82, 2.24) is 14.6 Å². The fourth-order valence-electron chi connectivity index (χ4n) is 3.59. The van der Waals surface area contributed by atoms with Gasteiger partial charge in [-0.2, -0.15) is 9.61 Å². The molecule has 4 rings (SSSR count). The van der Waals surface area contributed by atoms with Gasteiger partial charge >= 0.3 is 5.97 Å². The number of hydrogen-bond acceptors (Lipinski definition) is 5. The number of rotatable bonds is 5. The molecular weight excluding hydrogens is 358 g/mol. The summed E-state index contributed by atoms with van der Waals surface area (Å²) >= 11 is 0. The van der Waals surface area contributed by atoms with Crippen LogP contribution in [-0.4, -0.2) is 33.3 Å². The Morgan fingerprint density at radius 3 is 2.68 bits per heavy atom. The molecule has 1 fully saturated rings. The monoisotopic (exact) mass is 381 g/mol. The van der Waals surface area contributed by atoms with Crippen LogP contribution < -0.4 is 10.3 Å². The molecule has 7 nitrogen and oxygen atoms in total. The first-order valence-corrected chi connectivity index (χ1v) is 9.71. The maximum absolute atomic E-state index is 12.4. The first-order valence-electron chi connectivity index (χ1n) is 9.71. The molecule has 2 heterocycles. The molecule has 0 radical (unpaired) electrons. The molecule has 0 saturated heterocycles. The summed E-state index contributed by atoms with van der Waals surface area (Å²) in [6.45, 7) is 1.98. The Morgan fingerprint density at radius 2 is 1.96 bits per heavy atom. The number of fused-ring (bicyclic) bond motifs is 1. The number of H-pyrrole nitrogens is 1. The highest BCUT2D eigenvalue weighted by Crippen LogP contribution is 2.26. The topological polar surface area (TPSA) is 85.7 Å². The van der Waals surface area contributed by atoms with Crippen molar-refractivity contribution in [3.63, 3.8) is 0 Å². The van der Waals surface area contributed by atoms with Gasteiger partial charge in [-0.25, -0.2) is 4.79 Å². The molecule has 7 heteroatoms. The Bertz CT molecular complexity index is 1030. The molecule has 1 aliphatic carbocycles. The van der Waals surface area contributed by atoms with E-state index in [1.807, 2.05) is 24.3 Å². The number of hydrogen-bond donors (Lipinski definition) is 1. The van der Waals surface area contributed by atoms with E-state index in [0.717, 1.165) is 28.7 Å². The van der Waals surface area contributed by atoms with Crippen LogP contribution in [0.15, 0.2) is 41.3 Å². The minimum atomic E-state index is -0.512. The molecule has 2 aromatic heterocycles. The number of carbonyl (C=O) groups excluding carboxylic acids is 1. The molecule has 0 aliphatic heterocycles. The summed E-state index contributed by atoms with van der Waals surface area (Å²) in [6.07, 6.45) is 7.56. The van der Waals surface area contributed by atoms with Crippen molar-refractivity contribution in [2.75, 3.05) is 6.61 Å². The van der Waals surface area contributed by atoms with Gasteiger partial charge in [0.25, 0.3) is 5.56 Å². The Morgan fingerprint density at radius 1 is 1.21 bits per heavy atom. The van der Waals surface area contributed by atoms with Gasteiger partial charge < -0.3 is 14.5 Å². The first kappa shape index (κ1) is 18.3. The summed E-state index contributed by atoms with van der Waals surface area (Å²) in [7, 11) is 0. The zero-order valence-electron chi connectivity index (χ0n) is 15.8. The third-order valence-corrected chi connectivity index (χ3v) is 5.01. The summed E-state index contributed by atoms with van der Waals surface area (Å²) in [4.78, 5) is 27.6. The van der Waals surface area contributed by atoms with Crippen LogP contribution in [0.2, 0.25) is 0 Å². The van der Waals surface area contributed by atoms with Gasteiger partial charge in [-0.1, -0.05) is 6.42 Å². The summed E-state index contributed by atoms with van der Waals surface area (Å²) in [5, 5.41) is 3.99. The van der Waals surface area contributed by atoms with E-state index < -0.39 is 5.97 Å². The molecule has 1 aromatic carbocycles. The van der Waals surface area contributed by atoms with E-state index in [1.165, 1.54) is 31.5 Å². The van der Waals surface area contributed by atoms with Crippen LogP contribution in [0.25, 0.3) is 16.9 Å². The van der Waals surface area contributed by atoms with Crippen molar-refractivity contribution in [1.29, 1.82) is 0 Å². The van der Waals surface area contributed by atoms with Crippen molar-refractivity contribution >= 4 is 11.6 Å². The Kier molecular flexibility index (Phi) is 5.14. The smallest absolute Gasteiger partial charge is 0.343 e. The van der Waals surface area contributed by atoms with Crippen LogP contribution in [0, 0.1) is 0 Å². The second-order valence-corrected chi connectivity index (χ2v) is 6.96. The fourth-order valence-corrected chi connectivity index (χ4v) is 3.59. The molecule has 1 aliphatic rings. The van der Waals surface area contributed by atoms with Crippen LogP contribution in [0.4, 0.5) is 0 Å². The number of carbonyl (C=O) groups is 1. The van der Waals surface area contributed by atoms with E-state index in [9.17, 15) is 9.59 Å². The largest absolute Gasteiger partial charge is 0.490 e. The van der Waals surface area contributed by atoms with Crippen molar-refractivity contribution in [3.05, 3.63) is 52.4 Å². The second-order valence-electron chi connectivity index (χ2n) is 6.96. The van der Waals surface area contributed by atoms with Gasteiger partial charge in [0.15, 0.2) is 5.65 Å². The Balaban J connectivity index is 1.62. The van der Waals surface area contributed by atoms with Gasteiger partial charge in [-0.15, -0.1) is 0 Å². The van der Waals surface area contributed by atoms with Crippen LogP contribution in [0.1, 0.15) is 49.4 Å². The third-order valence-electron chi connectivity index (χ3n) is 5.01. The average Bonchev–Trinajstić information content (AvgIpc) is 3.14. The van der Waals surface area contributed by atoms with Crippen LogP contribution in [0.5, 0.6) is 5.75 Å². The SMILES string of the molecule is CCOC(=O)c1cnn2c(=O)cc(-c3ccc(OC4CCCCC4)cc3)[nH]c12. The Labute approximate surface area is 162 Å². The van der Waals surface area contributed by atoms with Crippen molar-refractivity contribution in [3.8, 4) is 17.0 Å². The maximum atomic E-state index is 12.4. The standard InChI is InChI=1S/C21H23N3O4/c1-2-27-21(26)17-13-22-24-19(25)12-18(23-20(17)24)14-8-10-16(11-9-14)28-15-6-4-3-5-7-15/h8-13,15,23H,2-7H2,1H3. The lowest BCUT2D eigenvalue weighted by atomic mass is 9.98. The van der Waals surface area contributed by atoms with Gasteiger partial charge in [0.1, 0.15) is 11.3 Å². The van der Waals surface area contributed by atoms with Crippen molar-refractivity contribution < 1.29 is 14.3 Å². The number of nitrogens with one attached hydrogen (secondary N) is 1. The summed E-state index contributed by atoms with van der Waals surface area (Å²) < 4.78 is 12.3. The van der Waals surface area contributed by atoms with Gasteiger partial charge in [-0.3, -0.25) is 4.79 Å². The molecule has 3 aromatic rings. The molecule has 28 heavy (non-hydrogen) atoms. The van der Waals surface area contributed by atoms with Crippen LogP contribution >= 0.6 is 0 Å². The summed E-state index contributed by atoms with van der Waals surface area (Å²) in [5.74, 6) is 0.317. The number of aromatic nitrogens is 3. The molecular formula is C21H23N3O4. The van der Waals surface area contributed by atoms with Gasteiger partial charge in [0.2, 0.25) is 0 Å². The van der Waals surface area contributed by atoms with Crippen molar-refractivity contribution in [2.24, 2.45) is 0 Å². The third kappa shape index (κ3) is 3.65. The number of ether oxygens (including phenoxy) is 2. The Hall–Kier alpha value is -3.09. The minimum Gasteiger partial charge on any atom is -0.490 e. The van der Waals surface area contributed by atoms with E-state index in [1.54, 1.807) is 6.92 Å². The van der Waals surface area contributed by atoms with Gasteiger partial charge in [-0.05, 0) is 62.4 Å². The number of nitrogens with zero attached hydrogens (tertiary/aromatic N) is 2. The summed E-state index contributed by atoms with van der Waals surface area (Å²) in [6, 6.07) is 9.09. The lowest BCUT2D eigenvalue weighted by Crippen LogP contribution is -2.19. The predicted octanol–water partition coefficient (Wildman–Crippen LogP) is 3.58. The molecule has 0 atom stereocenters. The summed E-state index contributed by atoms with van der Waals surface area (Å²) in [5.41, 5.74) is 1.67. The van der Waals surface area contributed by atoms with Crippen molar-refractivity contribution in [2.45, 2.75) is 45.1 Å². The zero-order chi connectivity index (χ0) is 19.5. The van der Waals surface area contributed by atoms with Crippen LogP contribution in [0.3, 0.4) is 0 Å². The quantitative estimate of drug-likeness (QED) is 0.683. The number of aromatic amines is 1. The number of benzene rings is 1. The highest BCUT2D eigenvalue weighted by atomic mass is 16.5. The molecule has 0 bridgehead atoms. The zero-order valence-corrected chi connectivity index (χ0v) is 15.8. The molecule has 1 N–H and O–H groups in total. The van der Waals surface area contributed by atoms with E-state index in [4.69, 9.17) is 9.47 Å². The minimum absolute atomic E-state index is 0.234. The lowest BCUT2D eigenvalue weighted by molar-refractivity contribution is 0.0528. The van der Waals surface area contributed by atoms with Gasteiger partial charge in [0, 0.05) is 6.07 Å². The molecule has 1 saturated carbocycles. The fraction of sp³-hybridized carbons (Fsp3) is 0.381. The number of esters is 1. The normalized spacial score (nSPS) is 14.9. The van der Waals surface area contributed by atoms with E-state index in [0.29, 0.717) is 11.3 Å². The van der Waals surface area contributed by atoms with Crippen LogP contribution in [-0.2, 0) is 4.74 Å². The highest BCUT2D eigenvalue weighted by Gasteiger charge is 2.17. The molecule has 0 amide bonds. The first-order chi connectivity index (χ1) is 13.7. The highest BCUT2D eigenvalue weighted by molar-refractivity contribution is 5.95. The average molecular weight is 381 g/mol. The van der Waals surface area contributed by atoms with Gasteiger partial charge in [0.05, 0.1) is 24.6 Å². The predicted molar refractivity (Wildman–Crippen MR) is 105 cm³/mol.